The molecule has 1 fully saturated rings. The number of nitrogens with two attached hydrogens (primary N) is 1. The zero-order valence-corrected chi connectivity index (χ0v) is 13.2. The molecule has 1 aliphatic heterocycles. The van der Waals surface area contributed by atoms with E-state index < -0.39 is 0 Å². The highest BCUT2D eigenvalue weighted by Crippen LogP contribution is 2.20. The van der Waals surface area contributed by atoms with E-state index in [0.717, 1.165) is 26.2 Å². The largest absolute Gasteiger partial charge is 0.467 e. The fourth-order valence-corrected chi connectivity index (χ4v) is 2.29. The molecule has 0 atom stereocenters. The summed E-state index contributed by atoms with van der Waals surface area (Å²) in [6.45, 7) is 8.47. The van der Waals surface area contributed by atoms with Gasteiger partial charge in [0.25, 0.3) is 0 Å². The van der Waals surface area contributed by atoms with Gasteiger partial charge in [0.1, 0.15) is 0 Å². The molecule has 0 radical (unpaired) electrons. The average Bonchev–Trinajstić information content (AvgIpc) is 2.54. The van der Waals surface area contributed by atoms with E-state index in [1.807, 2.05) is 0 Å². The summed E-state index contributed by atoms with van der Waals surface area (Å²) in [5.74, 6) is 0.587. The molecule has 0 bridgehead atoms. The van der Waals surface area contributed by atoms with Crippen molar-refractivity contribution in [3.63, 3.8) is 0 Å². The maximum atomic E-state index is 5.84. The number of nitrogens with zero attached hydrogens (tertiary/aromatic N) is 5. The Morgan fingerprint density at radius 2 is 1.52 bits per heavy atom. The van der Waals surface area contributed by atoms with Crippen molar-refractivity contribution in [2.75, 3.05) is 51.8 Å². The van der Waals surface area contributed by atoms with E-state index in [1.165, 1.54) is 14.2 Å². The standard InChI is InChI=1S/C13H24N6O2/c1-13(2,9-14)19-7-5-18(6-8-19)10-15-11(20-3)17-12(16-10)21-4/h5-9,14H2,1-4H3. The van der Waals surface area contributed by atoms with Crippen LogP contribution in [0.2, 0.25) is 0 Å². The lowest BCUT2D eigenvalue weighted by Crippen LogP contribution is -2.57. The summed E-state index contributed by atoms with van der Waals surface area (Å²) >= 11 is 0. The Labute approximate surface area is 125 Å². The molecule has 21 heavy (non-hydrogen) atoms. The molecule has 1 aromatic heterocycles. The van der Waals surface area contributed by atoms with Crippen LogP contribution in [0.15, 0.2) is 0 Å². The van der Waals surface area contributed by atoms with Crippen molar-refractivity contribution < 1.29 is 9.47 Å². The van der Waals surface area contributed by atoms with Gasteiger partial charge in [-0.2, -0.15) is 9.97 Å². The van der Waals surface area contributed by atoms with Gasteiger partial charge in [-0.05, 0) is 13.8 Å². The molecule has 0 unspecified atom stereocenters. The zero-order chi connectivity index (χ0) is 15.5. The minimum atomic E-state index is 0.0145. The molecule has 2 N–H and O–H groups in total. The van der Waals surface area contributed by atoms with Crippen LogP contribution in [0.25, 0.3) is 0 Å². The van der Waals surface area contributed by atoms with Gasteiger partial charge in [0.2, 0.25) is 5.95 Å². The van der Waals surface area contributed by atoms with Gasteiger partial charge in [-0.3, -0.25) is 4.90 Å². The summed E-state index contributed by atoms with van der Waals surface area (Å²) in [5, 5.41) is 0. The Morgan fingerprint density at radius 3 is 1.95 bits per heavy atom. The lowest BCUT2D eigenvalue weighted by Gasteiger charge is -2.43. The van der Waals surface area contributed by atoms with Crippen LogP contribution in [0.3, 0.4) is 0 Å². The number of hydrogen-bond donors (Lipinski definition) is 1. The second-order valence-electron chi connectivity index (χ2n) is 5.60. The first-order chi connectivity index (χ1) is 10.00. The summed E-state index contributed by atoms with van der Waals surface area (Å²) in [6.07, 6.45) is 0. The van der Waals surface area contributed by atoms with E-state index in [0.29, 0.717) is 12.5 Å². The van der Waals surface area contributed by atoms with Crippen LogP contribution in [-0.4, -0.2) is 72.3 Å². The van der Waals surface area contributed by atoms with Gasteiger partial charge >= 0.3 is 12.0 Å². The van der Waals surface area contributed by atoms with Gasteiger partial charge in [-0.15, -0.1) is 4.98 Å². The summed E-state index contributed by atoms with van der Waals surface area (Å²) in [7, 11) is 3.06. The maximum Gasteiger partial charge on any atom is 0.324 e. The second kappa shape index (κ2) is 6.40. The van der Waals surface area contributed by atoms with Gasteiger partial charge in [-0.1, -0.05) is 0 Å². The van der Waals surface area contributed by atoms with Crippen LogP contribution in [0.1, 0.15) is 13.8 Å². The van der Waals surface area contributed by atoms with E-state index in [9.17, 15) is 0 Å². The smallest absolute Gasteiger partial charge is 0.324 e. The highest BCUT2D eigenvalue weighted by molar-refractivity contribution is 5.33. The molecule has 0 spiro atoms. The van der Waals surface area contributed by atoms with Crippen molar-refractivity contribution in [1.82, 2.24) is 19.9 Å². The van der Waals surface area contributed by atoms with Crippen LogP contribution in [0.5, 0.6) is 12.0 Å². The van der Waals surface area contributed by atoms with Gasteiger partial charge in [0.05, 0.1) is 14.2 Å². The molecule has 1 saturated heterocycles. The number of methoxy groups -OCH3 is 2. The fourth-order valence-electron chi connectivity index (χ4n) is 2.29. The average molecular weight is 296 g/mol. The van der Waals surface area contributed by atoms with Crippen LogP contribution in [0, 0.1) is 0 Å². The molecule has 8 nitrogen and oxygen atoms in total. The Kier molecular flexibility index (Phi) is 4.79. The normalized spacial score (nSPS) is 16.9. The van der Waals surface area contributed by atoms with E-state index >= 15 is 0 Å². The Balaban J connectivity index is 2.08. The van der Waals surface area contributed by atoms with Crippen molar-refractivity contribution >= 4 is 5.95 Å². The molecule has 0 amide bonds. The third kappa shape index (κ3) is 3.51. The zero-order valence-electron chi connectivity index (χ0n) is 13.2. The molecule has 0 aliphatic carbocycles. The van der Waals surface area contributed by atoms with Crippen molar-refractivity contribution in [3.8, 4) is 12.0 Å². The number of rotatable bonds is 5. The van der Waals surface area contributed by atoms with E-state index in [2.05, 4.69) is 38.6 Å². The third-order valence-electron chi connectivity index (χ3n) is 3.87. The molecular weight excluding hydrogens is 272 g/mol. The van der Waals surface area contributed by atoms with E-state index in [4.69, 9.17) is 15.2 Å². The first-order valence-electron chi connectivity index (χ1n) is 7.04. The summed E-state index contributed by atoms with van der Waals surface area (Å²) in [4.78, 5) is 17.1. The summed E-state index contributed by atoms with van der Waals surface area (Å²) < 4.78 is 10.2. The van der Waals surface area contributed by atoms with Crippen molar-refractivity contribution in [1.29, 1.82) is 0 Å². The minimum absolute atomic E-state index is 0.0145. The highest BCUT2D eigenvalue weighted by Gasteiger charge is 2.29. The predicted octanol–water partition coefficient (Wildman–Crippen LogP) is -0.252. The van der Waals surface area contributed by atoms with Crippen molar-refractivity contribution in [2.24, 2.45) is 5.73 Å². The first-order valence-corrected chi connectivity index (χ1v) is 7.04. The Morgan fingerprint density at radius 1 is 1.00 bits per heavy atom. The lowest BCUT2D eigenvalue weighted by atomic mass is 10.0. The summed E-state index contributed by atoms with van der Waals surface area (Å²) in [6, 6.07) is 0.531. The predicted molar refractivity (Wildman–Crippen MR) is 79.9 cm³/mol. The molecule has 118 valence electrons. The van der Waals surface area contributed by atoms with Gasteiger partial charge < -0.3 is 20.1 Å². The third-order valence-corrected chi connectivity index (χ3v) is 3.87. The number of hydrogen-bond acceptors (Lipinski definition) is 8. The van der Waals surface area contributed by atoms with Gasteiger partial charge in [-0.25, -0.2) is 0 Å². The van der Waals surface area contributed by atoms with E-state index in [1.54, 1.807) is 0 Å². The molecule has 1 aliphatic rings. The van der Waals surface area contributed by atoms with Crippen molar-refractivity contribution in [2.45, 2.75) is 19.4 Å². The first kappa shape index (κ1) is 15.7. The number of ether oxygens (including phenoxy) is 2. The lowest BCUT2D eigenvalue weighted by molar-refractivity contribution is 0.118. The molecular formula is C13H24N6O2. The molecule has 0 saturated carbocycles. The maximum absolute atomic E-state index is 5.84. The van der Waals surface area contributed by atoms with Crippen LogP contribution < -0.4 is 20.1 Å². The molecule has 0 aromatic carbocycles. The van der Waals surface area contributed by atoms with Crippen molar-refractivity contribution in [3.05, 3.63) is 0 Å². The number of aromatic nitrogens is 3. The highest BCUT2D eigenvalue weighted by atomic mass is 16.5. The second-order valence-corrected chi connectivity index (χ2v) is 5.60. The topological polar surface area (TPSA) is 89.6 Å². The molecule has 2 rings (SSSR count). The molecule has 8 heteroatoms. The van der Waals surface area contributed by atoms with Crippen LogP contribution >= 0.6 is 0 Å². The SMILES string of the molecule is COc1nc(OC)nc(N2CCN(C(C)(C)CN)CC2)n1. The monoisotopic (exact) mass is 296 g/mol. The molecule has 1 aromatic rings. The number of piperazine rings is 1. The minimum Gasteiger partial charge on any atom is -0.467 e. The van der Waals surface area contributed by atoms with Gasteiger partial charge in [0.15, 0.2) is 0 Å². The summed E-state index contributed by atoms with van der Waals surface area (Å²) in [5.41, 5.74) is 5.85. The number of anilines is 1. The van der Waals surface area contributed by atoms with Gasteiger partial charge in [0, 0.05) is 38.3 Å². The van der Waals surface area contributed by atoms with E-state index in [-0.39, 0.29) is 17.6 Å². The van der Waals surface area contributed by atoms with Crippen LogP contribution in [0.4, 0.5) is 5.95 Å². The van der Waals surface area contributed by atoms with Crippen LogP contribution in [-0.2, 0) is 0 Å². The fraction of sp³-hybridized carbons (Fsp3) is 0.769. The Bertz CT molecular complexity index is 451. The quantitative estimate of drug-likeness (QED) is 0.795. The Hall–Kier alpha value is -1.67. The molecule has 2 heterocycles.